The van der Waals surface area contributed by atoms with Crippen molar-refractivity contribution >= 4 is 11.6 Å². The molecule has 1 aliphatic rings. The highest BCUT2D eigenvalue weighted by Crippen LogP contribution is 2.22. The van der Waals surface area contributed by atoms with Gasteiger partial charge in [-0.1, -0.05) is 0 Å². The van der Waals surface area contributed by atoms with Crippen molar-refractivity contribution < 1.29 is 23.4 Å². The third-order valence-corrected chi connectivity index (χ3v) is 5.90. The molecule has 1 amide bonds. The lowest BCUT2D eigenvalue weighted by molar-refractivity contribution is 0.0541. The van der Waals surface area contributed by atoms with Gasteiger partial charge in [0.2, 0.25) is 0 Å². The number of aryl methyl sites for hydroxylation is 1. The summed E-state index contributed by atoms with van der Waals surface area (Å²) in [6.07, 6.45) is 3.46. The zero-order valence-electron chi connectivity index (χ0n) is 19.1. The molecule has 0 spiro atoms. The molecule has 9 nitrogen and oxygen atoms in total. The number of halogens is 2. The number of likely N-dealkylation sites (tertiary alicyclic amines) is 1. The number of carbonyl (C=O) groups excluding carboxylic acids is 1. The van der Waals surface area contributed by atoms with E-state index in [1.165, 1.54) is 23.0 Å². The fourth-order valence-electron chi connectivity index (χ4n) is 3.81. The number of benzene rings is 1. The first-order valence-electron chi connectivity index (χ1n) is 11.1. The van der Waals surface area contributed by atoms with Crippen LogP contribution >= 0.6 is 0 Å². The van der Waals surface area contributed by atoms with Gasteiger partial charge >= 0.3 is 0 Å². The number of aliphatic hydroxyl groups excluding tert-OH is 1. The fourth-order valence-corrected chi connectivity index (χ4v) is 3.81. The number of rotatable bonds is 6. The summed E-state index contributed by atoms with van der Waals surface area (Å²) < 4.78 is 33.9. The van der Waals surface area contributed by atoms with Crippen molar-refractivity contribution in [2.24, 2.45) is 0 Å². The van der Waals surface area contributed by atoms with Crippen molar-refractivity contribution in [1.82, 2.24) is 19.4 Å². The molecule has 0 radical (unpaired) electrons. The van der Waals surface area contributed by atoms with Gasteiger partial charge in [-0.25, -0.2) is 13.8 Å². The largest absolute Gasteiger partial charge is 0.486 e. The predicted octanol–water partition coefficient (Wildman–Crippen LogP) is 2.03. The van der Waals surface area contributed by atoms with Crippen LogP contribution in [0.15, 0.2) is 41.5 Å². The highest BCUT2D eigenvalue weighted by Gasteiger charge is 2.23. The zero-order valence-corrected chi connectivity index (χ0v) is 19.1. The minimum Gasteiger partial charge on any atom is -0.486 e. The topological polar surface area (TPSA) is 124 Å². The van der Waals surface area contributed by atoms with Crippen molar-refractivity contribution in [2.45, 2.75) is 39.0 Å². The number of amides is 1. The molecular weight excluding hydrogens is 460 g/mol. The van der Waals surface area contributed by atoms with Crippen LogP contribution in [-0.2, 0) is 13.2 Å². The van der Waals surface area contributed by atoms with E-state index in [1.807, 2.05) is 0 Å². The molecule has 0 aliphatic carbocycles. The average molecular weight is 485 g/mol. The second-order valence-electron chi connectivity index (χ2n) is 8.40. The van der Waals surface area contributed by atoms with Crippen molar-refractivity contribution in [2.75, 3.05) is 18.8 Å². The maximum atomic E-state index is 13.9. The number of hydrogen-bond acceptors (Lipinski definition) is 7. The molecule has 3 N–H and O–H groups in total. The van der Waals surface area contributed by atoms with Crippen LogP contribution in [0.5, 0.6) is 5.75 Å². The number of nitrogen functional groups attached to an aromatic ring is 1. The van der Waals surface area contributed by atoms with Crippen LogP contribution in [-0.4, -0.2) is 49.6 Å². The van der Waals surface area contributed by atoms with Crippen LogP contribution in [0, 0.1) is 18.6 Å². The van der Waals surface area contributed by atoms with Gasteiger partial charge in [0.25, 0.3) is 11.5 Å². The van der Waals surface area contributed by atoms with Crippen LogP contribution in [0.1, 0.15) is 40.3 Å². The quantitative estimate of drug-likeness (QED) is 0.548. The Morgan fingerprint density at radius 3 is 2.60 bits per heavy atom. The first kappa shape index (κ1) is 24.3. The van der Waals surface area contributed by atoms with Gasteiger partial charge in [-0.05, 0) is 31.9 Å². The minimum absolute atomic E-state index is 0.0686. The first-order valence-corrected chi connectivity index (χ1v) is 11.1. The van der Waals surface area contributed by atoms with Gasteiger partial charge in [0.05, 0.1) is 30.7 Å². The predicted molar refractivity (Wildman–Crippen MR) is 123 cm³/mol. The monoisotopic (exact) mass is 485 g/mol. The van der Waals surface area contributed by atoms with Crippen LogP contribution in [0.25, 0.3) is 0 Å². The Balaban J connectivity index is 1.46. The Hall–Kier alpha value is -3.86. The van der Waals surface area contributed by atoms with E-state index in [0.29, 0.717) is 37.3 Å². The Kier molecular flexibility index (Phi) is 7.06. The van der Waals surface area contributed by atoms with E-state index in [4.69, 9.17) is 10.5 Å². The van der Waals surface area contributed by atoms with Gasteiger partial charge in [0.1, 0.15) is 35.4 Å². The number of aliphatic hydroxyl groups is 1. The molecule has 2 aromatic heterocycles. The number of aromatic nitrogens is 3. The number of nitrogens with two attached hydrogens (primary N) is 1. The number of carbonyl (C=O) groups is 1. The Morgan fingerprint density at radius 2 is 1.94 bits per heavy atom. The summed E-state index contributed by atoms with van der Waals surface area (Å²) in [5, 5.41) is 9.60. The lowest BCUT2D eigenvalue weighted by Gasteiger charge is -2.29. The van der Waals surface area contributed by atoms with Gasteiger partial charge in [-0.3, -0.25) is 14.6 Å². The number of nitrogens with zero attached hydrogens (tertiary/aromatic N) is 4. The van der Waals surface area contributed by atoms with E-state index in [2.05, 4.69) is 9.97 Å². The Morgan fingerprint density at radius 1 is 1.20 bits per heavy atom. The van der Waals surface area contributed by atoms with E-state index in [0.717, 1.165) is 12.1 Å². The van der Waals surface area contributed by atoms with Crippen molar-refractivity contribution in [3.05, 3.63) is 81.3 Å². The van der Waals surface area contributed by atoms with Gasteiger partial charge in [0, 0.05) is 36.5 Å². The van der Waals surface area contributed by atoms with E-state index in [1.54, 1.807) is 17.9 Å². The number of anilines is 1. The molecular formula is C24H25F2N5O4. The van der Waals surface area contributed by atoms with Gasteiger partial charge in [-0.2, -0.15) is 0 Å². The number of piperidine rings is 1. The van der Waals surface area contributed by atoms with Gasteiger partial charge < -0.3 is 25.0 Å². The van der Waals surface area contributed by atoms with Crippen LogP contribution in [0.2, 0.25) is 0 Å². The highest BCUT2D eigenvalue weighted by atomic mass is 19.1. The van der Waals surface area contributed by atoms with Gasteiger partial charge in [-0.15, -0.1) is 0 Å². The SMILES string of the molecule is Cc1cc(OCc2ccc(F)cc2F)c(N)c(=O)n1Cc1cnc(C(=O)N2CCC(O)CC2)cn1. The minimum atomic E-state index is -0.757. The molecule has 1 fully saturated rings. The molecule has 4 rings (SSSR count). The van der Waals surface area contributed by atoms with E-state index in [9.17, 15) is 23.5 Å². The summed E-state index contributed by atoms with van der Waals surface area (Å²) in [6.45, 7) is 2.44. The molecule has 0 unspecified atom stereocenters. The smallest absolute Gasteiger partial charge is 0.278 e. The first-order chi connectivity index (χ1) is 16.7. The summed E-state index contributed by atoms with van der Waals surface area (Å²) >= 11 is 0. The molecule has 0 atom stereocenters. The molecule has 0 saturated carbocycles. The summed E-state index contributed by atoms with van der Waals surface area (Å²) in [5.74, 6) is -1.62. The van der Waals surface area contributed by atoms with E-state index >= 15 is 0 Å². The summed E-state index contributed by atoms with van der Waals surface area (Å²) in [5.41, 5.74) is 6.57. The van der Waals surface area contributed by atoms with E-state index < -0.39 is 17.2 Å². The highest BCUT2D eigenvalue weighted by molar-refractivity contribution is 5.92. The van der Waals surface area contributed by atoms with Crippen molar-refractivity contribution in [3.8, 4) is 5.75 Å². The molecule has 3 aromatic rings. The molecule has 3 heterocycles. The second-order valence-corrected chi connectivity index (χ2v) is 8.40. The van der Waals surface area contributed by atoms with Crippen LogP contribution in [0.3, 0.4) is 0 Å². The third-order valence-electron chi connectivity index (χ3n) is 5.90. The number of pyridine rings is 1. The van der Waals surface area contributed by atoms with Gasteiger partial charge in [0.15, 0.2) is 0 Å². The van der Waals surface area contributed by atoms with Crippen molar-refractivity contribution in [3.63, 3.8) is 0 Å². The van der Waals surface area contributed by atoms with Crippen molar-refractivity contribution in [1.29, 1.82) is 0 Å². The third kappa shape index (κ3) is 5.46. The molecule has 184 valence electrons. The standard InChI is InChI=1S/C24H25F2N5O4/c1-14-8-21(35-13-15-2-3-16(25)9-19(15)26)22(27)24(34)31(14)12-17-10-29-20(11-28-17)23(33)30-6-4-18(32)5-7-30/h2-3,8-11,18,32H,4-7,12-13,27H2,1H3. The summed E-state index contributed by atoms with van der Waals surface area (Å²) in [6, 6.07) is 4.68. The zero-order chi connectivity index (χ0) is 25.1. The van der Waals surface area contributed by atoms with Crippen LogP contribution in [0.4, 0.5) is 14.5 Å². The average Bonchev–Trinajstić information content (AvgIpc) is 2.84. The molecule has 35 heavy (non-hydrogen) atoms. The molecule has 0 bridgehead atoms. The normalized spacial score (nSPS) is 14.2. The summed E-state index contributed by atoms with van der Waals surface area (Å²) in [7, 11) is 0. The molecule has 11 heteroatoms. The van der Waals surface area contributed by atoms with Crippen LogP contribution < -0.4 is 16.0 Å². The number of hydrogen-bond donors (Lipinski definition) is 2. The molecule has 1 saturated heterocycles. The summed E-state index contributed by atoms with van der Waals surface area (Å²) in [4.78, 5) is 35.5. The Bertz CT molecular complexity index is 1290. The van der Waals surface area contributed by atoms with E-state index in [-0.39, 0.29) is 47.9 Å². The lowest BCUT2D eigenvalue weighted by atomic mass is 10.1. The maximum Gasteiger partial charge on any atom is 0.278 e. The molecule has 1 aliphatic heterocycles. The number of ether oxygens (including phenoxy) is 1. The fraction of sp³-hybridized carbons (Fsp3) is 0.333. The maximum absolute atomic E-state index is 13.9. The Labute approximate surface area is 199 Å². The second kappa shape index (κ2) is 10.2. The molecule has 1 aromatic carbocycles. The lowest BCUT2D eigenvalue weighted by Crippen LogP contribution is -2.40.